The van der Waals surface area contributed by atoms with Gasteiger partial charge in [0, 0.05) is 16.9 Å². The molecule has 0 bridgehead atoms. The molecular weight excluding hydrogens is 382 g/mol. The van der Waals surface area contributed by atoms with Gasteiger partial charge in [-0.3, -0.25) is 14.9 Å². The molecule has 0 spiro atoms. The van der Waals surface area contributed by atoms with E-state index in [1.165, 1.54) is 6.07 Å². The molecule has 160 valence electrons. The molecule has 0 aliphatic rings. The lowest BCUT2D eigenvalue weighted by atomic mass is 10.1. The third kappa shape index (κ3) is 6.92. The minimum atomic E-state index is -0.624. The second kappa shape index (κ2) is 9.43. The van der Waals surface area contributed by atoms with Gasteiger partial charge >= 0.3 is 6.09 Å². The Balaban J connectivity index is 1.95. The fraction of sp³-hybridized carbons (Fsp3) is 0.348. The van der Waals surface area contributed by atoms with Gasteiger partial charge in [0.1, 0.15) is 5.60 Å². The molecule has 3 amide bonds. The third-order valence-electron chi connectivity index (χ3n) is 4.12. The summed E-state index contributed by atoms with van der Waals surface area (Å²) in [6.45, 7) is 11.0. The minimum absolute atomic E-state index is 0.171. The van der Waals surface area contributed by atoms with E-state index >= 15 is 0 Å². The molecule has 0 aliphatic carbocycles. The Morgan fingerprint density at radius 1 is 0.933 bits per heavy atom. The quantitative estimate of drug-likeness (QED) is 0.682. The Labute approximate surface area is 177 Å². The van der Waals surface area contributed by atoms with Gasteiger partial charge in [-0.25, -0.2) is 4.79 Å². The number of anilines is 2. The summed E-state index contributed by atoms with van der Waals surface area (Å²) in [7, 11) is 0. The van der Waals surface area contributed by atoms with Crippen molar-refractivity contribution in [2.45, 2.75) is 47.1 Å². The van der Waals surface area contributed by atoms with E-state index < -0.39 is 17.6 Å². The Morgan fingerprint density at radius 2 is 1.57 bits per heavy atom. The third-order valence-corrected chi connectivity index (χ3v) is 4.12. The van der Waals surface area contributed by atoms with Crippen LogP contribution in [0.5, 0.6) is 0 Å². The number of carbonyl (C=O) groups is 3. The Kier molecular flexibility index (Phi) is 7.21. The van der Waals surface area contributed by atoms with Gasteiger partial charge < -0.3 is 15.4 Å². The number of carbonyl (C=O) groups excluding carboxylic acids is 3. The summed E-state index contributed by atoms with van der Waals surface area (Å²) in [6, 6.07) is 10.4. The highest BCUT2D eigenvalue weighted by molar-refractivity contribution is 6.00. The van der Waals surface area contributed by atoms with E-state index in [4.69, 9.17) is 4.74 Å². The predicted octanol–water partition coefficient (Wildman–Crippen LogP) is 4.33. The highest BCUT2D eigenvalue weighted by Crippen LogP contribution is 2.21. The number of hydrogen-bond acceptors (Lipinski definition) is 4. The summed E-state index contributed by atoms with van der Waals surface area (Å²) < 4.78 is 5.20. The van der Waals surface area contributed by atoms with Crippen molar-refractivity contribution >= 4 is 29.3 Å². The molecular formula is C23H29N3O4. The van der Waals surface area contributed by atoms with E-state index in [0.29, 0.717) is 11.3 Å². The summed E-state index contributed by atoms with van der Waals surface area (Å²) in [4.78, 5) is 36.6. The molecule has 2 aromatic rings. The lowest BCUT2D eigenvalue weighted by Crippen LogP contribution is -2.33. The van der Waals surface area contributed by atoms with Crippen LogP contribution >= 0.6 is 0 Å². The molecule has 0 atom stereocenters. The van der Waals surface area contributed by atoms with E-state index in [1.54, 1.807) is 39.0 Å². The summed E-state index contributed by atoms with van der Waals surface area (Å²) in [6.07, 6.45) is -0.608. The van der Waals surface area contributed by atoms with Crippen LogP contribution in [0, 0.1) is 20.8 Å². The van der Waals surface area contributed by atoms with E-state index in [1.807, 2.05) is 32.9 Å². The number of benzene rings is 2. The van der Waals surface area contributed by atoms with Crippen LogP contribution in [0.2, 0.25) is 0 Å². The Morgan fingerprint density at radius 3 is 2.17 bits per heavy atom. The summed E-state index contributed by atoms with van der Waals surface area (Å²) in [5.74, 6) is -0.739. The molecule has 0 unspecified atom stereocenters. The maximum atomic E-state index is 12.4. The molecule has 7 heteroatoms. The average molecular weight is 412 g/mol. The van der Waals surface area contributed by atoms with Crippen molar-refractivity contribution < 1.29 is 19.1 Å². The molecule has 3 N–H and O–H groups in total. The highest BCUT2D eigenvalue weighted by Gasteiger charge is 2.17. The van der Waals surface area contributed by atoms with Crippen LogP contribution in [0.3, 0.4) is 0 Å². The monoisotopic (exact) mass is 411 g/mol. The number of ether oxygens (including phenoxy) is 1. The average Bonchev–Trinajstić information content (AvgIpc) is 2.61. The SMILES string of the molecule is Cc1cc(C)c(NC(=O)CNC(=O)c2cccc(NC(=O)OC(C)(C)C)c2)c(C)c1. The second-order valence-electron chi connectivity index (χ2n) is 8.21. The number of amides is 3. The van der Waals surface area contributed by atoms with Crippen molar-refractivity contribution in [3.63, 3.8) is 0 Å². The van der Waals surface area contributed by atoms with Crippen LogP contribution in [0.15, 0.2) is 36.4 Å². The van der Waals surface area contributed by atoms with E-state index in [2.05, 4.69) is 16.0 Å². The molecule has 0 aromatic heterocycles. The molecule has 2 aromatic carbocycles. The lowest BCUT2D eigenvalue weighted by molar-refractivity contribution is -0.115. The van der Waals surface area contributed by atoms with Gasteiger partial charge in [-0.05, 0) is 70.9 Å². The summed E-state index contributed by atoms with van der Waals surface area (Å²) in [5, 5.41) is 8.03. The van der Waals surface area contributed by atoms with Crippen molar-refractivity contribution in [3.05, 3.63) is 58.7 Å². The van der Waals surface area contributed by atoms with Crippen LogP contribution in [-0.2, 0) is 9.53 Å². The molecule has 30 heavy (non-hydrogen) atoms. The molecule has 0 heterocycles. The molecule has 0 aliphatic heterocycles. The maximum Gasteiger partial charge on any atom is 0.412 e. The van der Waals surface area contributed by atoms with Crippen molar-refractivity contribution in [1.29, 1.82) is 0 Å². The van der Waals surface area contributed by atoms with E-state index in [-0.39, 0.29) is 12.5 Å². The largest absolute Gasteiger partial charge is 0.444 e. The smallest absolute Gasteiger partial charge is 0.412 e. The van der Waals surface area contributed by atoms with Crippen LogP contribution in [0.1, 0.15) is 47.8 Å². The second-order valence-corrected chi connectivity index (χ2v) is 8.21. The van der Waals surface area contributed by atoms with Gasteiger partial charge in [0.15, 0.2) is 0 Å². The van der Waals surface area contributed by atoms with Crippen LogP contribution in [-0.4, -0.2) is 30.1 Å². The van der Waals surface area contributed by atoms with Crippen LogP contribution < -0.4 is 16.0 Å². The number of aryl methyl sites for hydroxylation is 3. The minimum Gasteiger partial charge on any atom is -0.444 e. The molecule has 0 saturated carbocycles. The van der Waals surface area contributed by atoms with Crippen LogP contribution in [0.4, 0.5) is 16.2 Å². The first kappa shape index (κ1) is 22.9. The van der Waals surface area contributed by atoms with E-state index in [9.17, 15) is 14.4 Å². The maximum absolute atomic E-state index is 12.4. The Hall–Kier alpha value is -3.35. The lowest BCUT2D eigenvalue weighted by Gasteiger charge is -2.19. The fourth-order valence-corrected chi connectivity index (χ4v) is 2.98. The van der Waals surface area contributed by atoms with Crippen molar-refractivity contribution in [2.75, 3.05) is 17.2 Å². The molecule has 0 saturated heterocycles. The number of rotatable bonds is 5. The fourth-order valence-electron chi connectivity index (χ4n) is 2.98. The zero-order chi connectivity index (χ0) is 22.5. The Bertz CT molecular complexity index is 938. The van der Waals surface area contributed by atoms with Gasteiger partial charge in [-0.15, -0.1) is 0 Å². The molecule has 7 nitrogen and oxygen atoms in total. The zero-order valence-corrected chi connectivity index (χ0v) is 18.3. The van der Waals surface area contributed by atoms with Gasteiger partial charge in [-0.1, -0.05) is 23.8 Å². The molecule has 0 fully saturated rings. The van der Waals surface area contributed by atoms with Crippen LogP contribution in [0.25, 0.3) is 0 Å². The van der Waals surface area contributed by atoms with Gasteiger partial charge in [-0.2, -0.15) is 0 Å². The number of hydrogen-bond donors (Lipinski definition) is 3. The molecule has 2 rings (SSSR count). The highest BCUT2D eigenvalue weighted by atomic mass is 16.6. The predicted molar refractivity (Wildman–Crippen MR) is 118 cm³/mol. The summed E-state index contributed by atoms with van der Waals surface area (Å²) in [5.41, 5.74) is 3.92. The van der Waals surface area contributed by atoms with Crippen molar-refractivity contribution in [2.24, 2.45) is 0 Å². The van der Waals surface area contributed by atoms with Gasteiger partial charge in [0.2, 0.25) is 5.91 Å². The first-order chi connectivity index (χ1) is 13.9. The van der Waals surface area contributed by atoms with Gasteiger partial charge in [0.05, 0.1) is 6.54 Å². The zero-order valence-electron chi connectivity index (χ0n) is 18.3. The van der Waals surface area contributed by atoms with E-state index in [0.717, 1.165) is 22.4 Å². The first-order valence-electron chi connectivity index (χ1n) is 9.70. The standard InChI is InChI=1S/C23H29N3O4/c1-14-10-15(2)20(16(3)11-14)26-19(27)13-24-21(28)17-8-7-9-18(12-17)25-22(29)30-23(4,5)6/h7-12H,13H2,1-6H3,(H,24,28)(H,25,29)(H,26,27). The topological polar surface area (TPSA) is 96.5 Å². The molecule has 0 radical (unpaired) electrons. The van der Waals surface area contributed by atoms with Crippen molar-refractivity contribution in [1.82, 2.24) is 5.32 Å². The first-order valence-corrected chi connectivity index (χ1v) is 9.70. The normalized spacial score (nSPS) is 10.9. The summed E-state index contributed by atoms with van der Waals surface area (Å²) >= 11 is 0. The van der Waals surface area contributed by atoms with Crippen molar-refractivity contribution in [3.8, 4) is 0 Å². The number of nitrogens with one attached hydrogen (secondary N) is 3. The van der Waals surface area contributed by atoms with Gasteiger partial charge in [0.25, 0.3) is 5.91 Å².